The number of hydrogen-bond acceptors (Lipinski definition) is 2. The molecular formula is C13H14ClN3O. The van der Waals surface area contributed by atoms with E-state index in [0.717, 1.165) is 16.8 Å². The lowest BCUT2D eigenvalue weighted by molar-refractivity contribution is -0.116. The van der Waals surface area contributed by atoms with Crippen molar-refractivity contribution in [3.8, 4) is 0 Å². The van der Waals surface area contributed by atoms with Crippen molar-refractivity contribution in [2.45, 2.75) is 20.4 Å². The zero-order valence-electron chi connectivity index (χ0n) is 10.3. The van der Waals surface area contributed by atoms with Gasteiger partial charge in [0.2, 0.25) is 5.91 Å². The molecule has 0 saturated carbocycles. The Bertz CT molecular complexity index is 577. The average Bonchev–Trinajstić information content (AvgIpc) is 2.69. The van der Waals surface area contributed by atoms with E-state index in [1.54, 1.807) is 6.20 Å². The van der Waals surface area contributed by atoms with E-state index in [1.807, 2.05) is 32.0 Å². The summed E-state index contributed by atoms with van der Waals surface area (Å²) in [5, 5.41) is 7.35. The van der Waals surface area contributed by atoms with Crippen LogP contribution in [0.25, 0.3) is 0 Å². The highest BCUT2D eigenvalue weighted by molar-refractivity contribution is 6.30. The van der Waals surface area contributed by atoms with Crippen LogP contribution in [0.2, 0.25) is 5.02 Å². The number of halogens is 1. The number of benzene rings is 1. The molecule has 0 saturated heterocycles. The van der Waals surface area contributed by atoms with E-state index < -0.39 is 0 Å². The van der Waals surface area contributed by atoms with E-state index >= 15 is 0 Å². The third-order valence-electron chi connectivity index (χ3n) is 2.57. The number of carbonyl (C=O) groups excluding carboxylic acids is 1. The number of rotatable bonds is 3. The summed E-state index contributed by atoms with van der Waals surface area (Å²) in [5.41, 5.74) is 2.98. The molecule has 1 aromatic carbocycles. The predicted molar refractivity (Wildman–Crippen MR) is 71.8 cm³/mol. The van der Waals surface area contributed by atoms with Gasteiger partial charge >= 0.3 is 0 Å². The highest BCUT2D eigenvalue weighted by Gasteiger charge is 2.06. The molecule has 4 nitrogen and oxygen atoms in total. The largest absolute Gasteiger partial charge is 0.324 e. The first-order valence-corrected chi connectivity index (χ1v) is 5.97. The van der Waals surface area contributed by atoms with Gasteiger partial charge in [-0.05, 0) is 31.0 Å². The lowest BCUT2D eigenvalue weighted by Gasteiger charge is -2.09. The number of nitrogens with one attached hydrogen (secondary N) is 1. The number of aromatic nitrogens is 2. The third-order valence-corrected chi connectivity index (χ3v) is 2.77. The van der Waals surface area contributed by atoms with E-state index in [0.29, 0.717) is 5.02 Å². The molecule has 5 heteroatoms. The van der Waals surface area contributed by atoms with Crippen LogP contribution in [0, 0.1) is 13.8 Å². The number of hydrogen-bond donors (Lipinski definition) is 1. The molecule has 1 amide bonds. The van der Waals surface area contributed by atoms with Gasteiger partial charge in [-0.25, -0.2) is 0 Å². The number of aryl methyl sites for hydroxylation is 2. The fraction of sp³-hybridized carbons (Fsp3) is 0.231. The van der Waals surface area contributed by atoms with Crippen LogP contribution >= 0.6 is 11.6 Å². The maximum atomic E-state index is 11.8. The zero-order chi connectivity index (χ0) is 13.1. The van der Waals surface area contributed by atoms with Gasteiger partial charge in [0, 0.05) is 11.9 Å². The molecule has 18 heavy (non-hydrogen) atoms. The Morgan fingerprint density at radius 2 is 2.22 bits per heavy atom. The fourth-order valence-corrected chi connectivity index (χ4v) is 1.79. The number of nitrogens with zero attached hydrogens (tertiary/aromatic N) is 2. The molecule has 2 aromatic rings. The average molecular weight is 264 g/mol. The molecule has 0 fully saturated rings. The van der Waals surface area contributed by atoms with Crippen LogP contribution in [0.15, 0.2) is 30.6 Å². The summed E-state index contributed by atoms with van der Waals surface area (Å²) in [6.45, 7) is 4.10. The van der Waals surface area contributed by atoms with Gasteiger partial charge in [-0.2, -0.15) is 5.10 Å². The van der Waals surface area contributed by atoms with Crippen molar-refractivity contribution < 1.29 is 4.79 Å². The molecule has 0 unspecified atom stereocenters. The molecule has 0 bridgehead atoms. The first-order chi connectivity index (χ1) is 8.54. The molecule has 2 rings (SSSR count). The Balaban J connectivity index is 2.05. The number of anilines is 1. The van der Waals surface area contributed by atoms with Crippen LogP contribution in [0.4, 0.5) is 5.69 Å². The molecule has 0 aliphatic heterocycles. The van der Waals surface area contributed by atoms with E-state index in [1.165, 1.54) is 10.9 Å². The van der Waals surface area contributed by atoms with Crippen molar-refractivity contribution in [3.05, 3.63) is 46.7 Å². The monoisotopic (exact) mass is 263 g/mol. The van der Waals surface area contributed by atoms with Crippen molar-refractivity contribution in [2.75, 3.05) is 5.32 Å². The first-order valence-electron chi connectivity index (χ1n) is 5.59. The fourth-order valence-electron chi connectivity index (χ4n) is 1.63. The van der Waals surface area contributed by atoms with Crippen LogP contribution in [-0.2, 0) is 11.3 Å². The summed E-state index contributed by atoms with van der Waals surface area (Å²) in [4.78, 5) is 11.8. The quantitative estimate of drug-likeness (QED) is 0.926. The maximum absolute atomic E-state index is 11.8. The molecule has 1 aromatic heterocycles. The molecule has 94 valence electrons. The van der Waals surface area contributed by atoms with Crippen molar-refractivity contribution in [3.63, 3.8) is 0 Å². The Labute approximate surface area is 111 Å². The Morgan fingerprint density at radius 1 is 1.44 bits per heavy atom. The van der Waals surface area contributed by atoms with Crippen LogP contribution < -0.4 is 5.32 Å². The Hall–Kier alpha value is -1.81. The van der Waals surface area contributed by atoms with Gasteiger partial charge in [0.05, 0.1) is 11.2 Å². The zero-order valence-corrected chi connectivity index (χ0v) is 11.0. The summed E-state index contributed by atoms with van der Waals surface area (Å²) >= 11 is 5.74. The number of amides is 1. The molecule has 1 N–H and O–H groups in total. The molecule has 0 atom stereocenters. The summed E-state index contributed by atoms with van der Waals surface area (Å²) in [6.07, 6.45) is 3.12. The first kappa shape index (κ1) is 12.6. The van der Waals surface area contributed by atoms with Gasteiger partial charge < -0.3 is 5.32 Å². The topological polar surface area (TPSA) is 46.9 Å². The van der Waals surface area contributed by atoms with Crippen LogP contribution in [0.1, 0.15) is 11.1 Å². The molecule has 0 aliphatic rings. The third kappa shape index (κ3) is 3.11. The van der Waals surface area contributed by atoms with Gasteiger partial charge in [-0.3, -0.25) is 9.48 Å². The standard InChI is InChI=1S/C13H14ClN3O/c1-9-3-4-10(2)12(5-9)16-13(18)8-17-7-11(14)6-15-17/h3-7H,8H2,1-2H3,(H,16,18). The summed E-state index contributed by atoms with van der Waals surface area (Å²) in [7, 11) is 0. The molecule has 0 spiro atoms. The van der Waals surface area contributed by atoms with Crippen molar-refractivity contribution in [2.24, 2.45) is 0 Å². The van der Waals surface area contributed by atoms with E-state index in [4.69, 9.17) is 11.6 Å². The highest BCUT2D eigenvalue weighted by Crippen LogP contribution is 2.16. The summed E-state index contributed by atoms with van der Waals surface area (Å²) < 4.78 is 1.50. The molecule has 1 heterocycles. The SMILES string of the molecule is Cc1ccc(C)c(NC(=O)Cn2cc(Cl)cn2)c1. The van der Waals surface area contributed by atoms with Gasteiger partial charge in [-0.15, -0.1) is 0 Å². The Morgan fingerprint density at radius 3 is 2.89 bits per heavy atom. The summed E-state index contributed by atoms with van der Waals surface area (Å²) in [5.74, 6) is -0.122. The second-order valence-electron chi connectivity index (χ2n) is 4.22. The van der Waals surface area contributed by atoms with E-state index in [9.17, 15) is 4.79 Å². The molecule has 0 radical (unpaired) electrons. The van der Waals surface area contributed by atoms with Gasteiger partial charge in [-0.1, -0.05) is 23.7 Å². The van der Waals surface area contributed by atoms with Crippen molar-refractivity contribution in [1.82, 2.24) is 9.78 Å². The second-order valence-corrected chi connectivity index (χ2v) is 4.66. The Kier molecular flexibility index (Phi) is 3.67. The van der Waals surface area contributed by atoms with E-state index in [2.05, 4.69) is 10.4 Å². The highest BCUT2D eigenvalue weighted by atomic mass is 35.5. The summed E-state index contributed by atoms with van der Waals surface area (Å²) in [6, 6.07) is 5.94. The van der Waals surface area contributed by atoms with Crippen LogP contribution in [-0.4, -0.2) is 15.7 Å². The normalized spacial score (nSPS) is 10.4. The predicted octanol–water partition coefficient (Wildman–Crippen LogP) is 2.79. The van der Waals surface area contributed by atoms with Crippen LogP contribution in [0.3, 0.4) is 0 Å². The van der Waals surface area contributed by atoms with Crippen molar-refractivity contribution >= 4 is 23.2 Å². The molecule has 0 aliphatic carbocycles. The minimum Gasteiger partial charge on any atom is -0.324 e. The molecular weight excluding hydrogens is 250 g/mol. The lowest BCUT2D eigenvalue weighted by atomic mass is 10.1. The second kappa shape index (κ2) is 5.23. The lowest BCUT2D eigenvalue weighted by Crippen LogP contribution is -2.19. The minimum absolute atomic E-state index is 0.122. The van der Waals surface area contributed by atoms with Gasteiger partial charge in [0.1, 0.15) is 6.54 Å². The minimum atomic E-state index is -0.122. The van der Waals surface area contributed by atoms with Gasteiger partial charge in [0.25, 0.3) is 0 Å². The van der Waals surface area contributed by atoms with Crippen LogP contribution in [0.5, 0.6) is 0 Å². The maximum Gasteiger partial charge on any atom is 0.246 e. The van der Waals surface area contributed by atoms with E-state index in [-0.39, 0.29) is 12.5 Å². The van der Waals surface area contributed by atoms with Crippen molar-refractivity contribution in [1.29, 1.82) is 0 Å². The smallest absolute Gasteiger partial charge is 0.246 e. The van der Waals surface area contributed by atoms with Gasteiger partial charge in [0.15, 0.2) is 0 Å². The number of carbonyl (C=O) groups is 1.